The second-order valence-electron chi connectivity index (χ2n) is 19.4. The molecule has 0 N–H and O–H groups in total. The molecule has 0 fully saturated rings. The molecule has 10 aromatic rings. The lowest BCUT2D eigenvalue weighted by Gasteiger charge is -2.43. The van der Waals surface area contributed by atoms with Gasteiger partial charge in [-0.1, -0.05) is 186 Å². The van der Waals surface area contributed by atoms with Crippen molar-refractivity contribution >= 4 is 172 Å². The highest BCUT2D eigenvalue weighted by atomic mass is 15.0. The molecule has 2 aliphatic carbocycles. The minimum atomic E-state index is -1.27. The van der Waals surface area contributed by atoms with Crippen molar-refractivity contribution in [3.05, 3.63) is 192 Å². The maximum absolute atomic E-state index is 6.82. The summed E-state index contributed by atoms with van der Waals surface area (Å²) in [6.07, 6.45) is 13.7. The highest BCUT2D eigenvalue weighted by molar-refractivity contribution is 6.70. The average molecular weight is 932 g/mol. The molecule has 0 amide bonds. The summed E-state index contributed by atoms with van der Waals surface area (Å²) >= 11 is 0. The third kappa shape index (κ3) is 7.31. The zero-order chi connectivity index (χ0) is 52.1. The second kappa shape index (κ2) is 18.4. The van der Waals surface area contributed by atoms with Crippen molar-refractivity contribution < 1.29 is 0 Å². The van der Waals surface area contributed by atoms with Gasteiger partial charge >= 0.3 is 0 Å². The molecule has 2 aliphatic rings. The first-order chi connectivity index (χ1) is 36.2. The van der Waals surface area contributed by atoms with Crippen molar-refractivity contribution in [1.82, 2.24) is 24.9 Å². The Morgan fingerprint density at radius 2 is 0.933 bits per heavy atom. The number of fused-ring (bicyclic) bond motifs is 8. The Kier molecular flexibility index (Phi) is 11.9. The number of nitrogens with zero attached hydrogens (tertiary/aromatic N) is 5. The van der Waals surface area contributed by atoms with Gasteiger partial charge in [0.1, 0.15) is 90.1 Å². The van der Waals surface area contributed by atoms with E-state index in [1.807, 2.05) is 42.5 Å². The lowest BCUT2D eigenvalue weighted by Crippen LogP contribution is -2.55. The summed E-state index contributed by atoms with van der Waals surface area (Å²) in [5, 5.41) is 5.23. The summed E-state index contributed by atoms with van der Waals surface area (Å²) in [4.78, 5) is 27.4. The van der Waals surface area contributed by atoms with Gasteiger partial charge in [-0.2, -0.15) is 0 Å². The first-order valence-electron chi connectivity index (χ1n) is 24.4. The van der Waals surface area contributed by atoms with Crippen molar-refractivity contribution in [3.63, 3.8) is 0 Å². The number of hydrogen-bond acceptors (Lipinski definition) is 5. The van der Waals surface area contributed by atoms with Crippen molar-refractivity contribution in [2.24, 2.45) is 5.92 Å². The first-order valence-corrected chi connectivity index (χ1v) is 24.4. The molecule has 0 bridgehead atoms. The van der Waals surface area contributed by atoms with Gasteiger partial charge in [0.15, 0.2) is 11.6 Å². The molecule has 0 saturated heterocycles. The van der Waals surface area contributed by atoms with Crippen LogP contribution in [0.3, 0.4) is 0 Å². The molecule has 15 heteroatoms. The largest absolute Gasteiger partial charge is 0.231 e. The molecule has 2 heterocycles. The van der Waals surface area contributed by atoms with E-state index in [9.17, 15) is 0 Å². The van der Waals surface area contributed by atoms with Crippen LogP contribution in [0.25, 0.3) is 72.6 Å². The monoisotopic (exact) mass is 933 g/mol. The van der Waals surface area contributed by atoms with E-state index in [2.05, 4.69) is 128 Å². The second-order valence-corrected chi connectivity index (χ2v) is 19.4. The molecule has 12 rings (SSSR count). The molecule has 0 aliphatic heterocycles. The normalized spacial score (nSPS) is 18.0. The maximum Gasteiger partial charge on any atom is 0.162 e. The van der Waals surface area contributed by atoms with E-state index in [0.29, 0.717) is 12.2 Å². The van der Waals surface area contributed by atoms with Crippen LogP contribution in [0, 0.1) is 5.92 Å². The van der Waals surface area contributed by atoms with Crippen molar-refractivity contribution in [1.29, 1.82) is 0 Å². The summed E-state index contributed by atoms with van der Waals surface area (Å²) in [5.74, 6) is 0.631. The SMILES string of the molecule is [B]c1c([B])c([B])c(-c2nc(-c3c([B])c([B])c([B])c([B])c3[B])nc(C3(C)c4ccccc4C=CC(c4nc(-c5ccccc5)c5c6ccccc6c6ccccc6c5n4)(C4C=CC=CC4)c4ccccc43)n2)c([B])c1[B]. The average Bonchev–Trinajstić information content (AvgIpc) is 3.45. The van der Waals surface area contributed by atoms with Gasteiger partial charge < -0.3 is 0 Å². The fourth-order valence-electron chi connectivity index (χ4n) is 11.4. The predicted octanol–water partition coefficient (Wildman–Crippen LogP) is 1.86. The van der Waals surface area contributed by atoms with E-state index in [4.69, 9.17) is 103 Å². The van der Waals surface area contributed by atoms with Crippen LogP contribution in [0.1, 0.15) is 47.2 Å². The molecule has 328 valence electrons. The molecule has 20 radical (unpaired) electrons. The van der Waals surface area contributed by atoms with Gasteiger partial charge in [-0.05, 0) is 51.8 Å². The molecular weight excluding hydrogens is 899 g/mol. The quantitative estimate of drug-likeness (QED) is 0.189. The van der Waals surface area contributed by atoms with Crippen LogP contribution < -0.4 is 54.6 Å². The summed E-state index contributed by atoms with van der Waals surface area (Å²) in [6.45, 7) is 2.08. The van der Waals surface area contributed by atoms with Crippen LogP contribution in [0.2, 0.25) is 0 Å². The van der Waals surface area contributed by atoms with Gasteiger partial charge in [0.05, 0.1) is 22.0 Å². The molecule has 0 spiro atoms. The number of aromatic nitrogens is 5. The Morgan fingerprint density at radius 3 is 1.52 bits per heavy atom. The predicted molar refractivity (Wildman–Crippen MR) is 319 cm³/mol. The van der Waals surface area contributed by atoms with Crippen LogP contribution in [0.15, 0.2) is 158 Å². The third-order valence-electron chi connectivity index (χ3n) is 15.4. The van der Waals surface area contributed by atoms with Crippen LogP contribution in [-0.4, -0.2) is 103 Å². The summed E-state index contributed by atoms with van der Waals surface area (Å²) in [7, 11) is 66.1. The van der Waals surface area contributed by atoms with Crippen LogP contribution in [0.5, 0.6) is 0 Å². The van der Waals surface area contributed by atoms with Crippen LogP contribution >= 0.6 is 0 Å². The number of benzene rings is 8. The van der Waals surface area contributed by atoms with Gasteiger partial charge in [-0.3, -0.25) is 0 Å². The van der Waals surface area contributed by atoms with Crippen LogP contribution in [0.4, 0.5) is 0 Å². The van der Waals surface area contributed by atoms with Crippen molar-refractivity contribution in [2.45, 2.75) is 24.2 Å². The Labute approximate surface area is 449 Å². The van der Waals surface area contributed by atoms with E-state index in [-0.39, 0.29) is 89.1 Å². The topological polar surface area (TPSA) is 64.5 Å². The summed E-state index contributed by atoms with van der Waals surface area (Å²) < 4.78 is 0. The Balaban J connectivity index is 1.24. The zero-order valence-electron chi connectivity index (χ0n) is 40.9. The van der Waals surface area contributed by atoms with Gasteiger partial charge in [0, 0.05) is 33.4 Å². The zero-order valence-corrected chi connectivity index (χ0v) is 40.9. The Bertz CT molecular complexity index is 4020. The van der Waals surface area contributed by atoms with Gasteiger partial charge in [-0.15, -0.1) is 32.8 Å². The van der Waals surface area contributed by atoms with E-state index < -0.39 is 10.8 Å². The molecule has 3 unspecified atom stereocenters. The molecule has 8 aromatic carbocycles. The summed E-state index contributed by atoms with van der Waals surface area (Å²) in [6, 6.07) is 43.7. The lowest BCUT2D eigenvalue weighted by molar-refractivity contribution is 0.432. The van der Waals surface area contributed by atoms with E-state index in [1.54, 1.807) is 0 Å². The Morgan fingerprint density at radius 1 is 0.440 bits per heavy atom. The molecule has 75 heavy (non-hydrogen) atoms. The van der Waals surface area contributed by atoms with Gasteiger partial charge in [0.25, 0.3) is 0 Å². The van der Waals surface area contributed by atoms with E-state index in [1.165, 1.54) is 0 Å². The molecule has 3 atom stereocenters. The maximum atomic E-state index is 6.82. The number of allylic oxidation sites excluding steroid dienone is 5. The van der Waals surface area contributed by atoms with Crippen molar-refractivity contribution in [2.75, 3.05) is 0 Å². The lowest BCUT2D eigenvalue weighted by atomic mass is 9.59. The number of hydrogen-bond donors (Lipinski definition) is 0. The fraction of sp³-hybridized carbons (Fsp3) is 0.0833. The van der Waals surface area contributed by atoms with Crippen LogP contribution in [-0.2, 0) is 10.8 Å². The minimum absolute atomic E-state index is 0.000964. The van der Waals surface area contributed by atoms with Crippen molar-refractivity contribution in [3.8, 4) is 34.0 Å². The summed E-state index contributed by atoms with van der Waals surface area (Å²) in [5.41, 5.74) is 4.03. The molecule has 5 nitrogen and oxygen atoms in total. The molecule has 0 saturated carbocycles. The smallest absolute Gasteiger partial charge is 0.162 e. The number of rotatable bonds is 6. The fourth-order valence-corrected chi connectivity index (χ4v) is 11.4. The van der Waals surface area contributed by atoms with E-state index in [0.717, 1.165) is 66.0 Å². The molecular formula is C60H33B10N5. The Hall–Kier alpha value is -7.50. The van der Waals surface area contributed by atoms with Gasteiger partial charge in [0.2, 0.25) is 0 Å². The first kappa shape index (κ1) is 48.4. The highest BCUT2D eigenvalue weighted by Gasteiger charge is 2.49. The van der Waals surface area contributed by atoms with E-state index >= 15 is 0 Å². The molecule has 2 aromatic heterocycles. The highest BCUT2D eigenvalue weighted by Crippen LogP contribution is 2.53. The standard InChI is InChI=1S/C60H33B10N5/c1-59(57-74-55(41-43(61)47(65)51(69)48(66)44(41)62)73-56(75-57)42-45(63)49(67)52(70)50(68)46(42)64)37-25-13-8-16-30(37)28-29-60(32-19-6-3-7-20-32,39-27-15-14-26-38(39)59)58-71-53(31-17-4-2-5-18-31)40-35-23-11-9-21-33(35)34-22-10-12-24-36(34)54(40)72-58/h2-19,21-29,32H,20H2,1H3. The van der Waals surface area contributed by atoms with Gasteiger partial charge in [-0.25, -0.2) is 24.9 Å². The third-order valence-corrected chi connectivity index (χ3v) is 15.4. The minimum Gasteiger partial charge on any atom is -0.231 e.